The number of carboxylic acid groups (broad SMARTS) is 1. The molecule has 0 spiro atoms. The van der Waals surface area contributed by atoms with Gasteiger partial charge < -0.3 is 10.4 Å². The average molecular weight is 183 g/mol. The van der Waals surface area contributed by atoms with Crippen molar-refractivity contribution in [1.82, 2.24) is 5.32 Å². The maximum atomic E-state index is 10.3. The number of carboxylic acids is 1. The molecule has 0 unspecified atom stereocenters. The molecule has 74 valence electrons. The minimum absolute atomic E-state index is 0.0233. The first kappa shape index (κ1) is 10.3. The zero-order valence-corrected chi connectivity index (χ0v) is 7.88. The van der Waals surface area contributed by atoms with Crippen molar-refractivity contribution in [2.75, 3.05) is 6.54 Å². The van der Waals surface area contributed by atoms with E-state index in [2.05, 4.69) is 11.9 Å². The quantitative estimate of drug-likeness (QED) is 0.636. The van der Waals surface area contributed by atoms with Crippen molar-refractivity contribution in [3.05, 3.63) is 12.7 Å². The molecule has 0 heterocycles. The second-order valence-corrected chi connectivity index (χ2v) is 3.64. The lowest BCUT2D eigenvalue weighted by Gasteiger charge is -2.26. The lowest BCUT2D eigenvalue weighted by molar-refractivity contribution is -0.136. The summed E-state index contributed by atoms with van der Waals surface area (Å²) in [6.07, 6.45) is 6.74. The lowest BCUT2D eigenvalue weighted by atomic mass is 9.98. The highest BCUT2D eigenvalue weighted by Crippen LogP contribution is 2.30. The smallest absolute Gasteiger partial charge is 0.304 e. The Balaban J connectivity index is 2.31. The zero-order chi connectivity index (χ0) is 9.73. The normalized spacial score (nSPS) is 20.0. The van der Waals surface area contributed by atoms with E-state index in [-0.39, 0.29) is 12.0 Å². The molecule has 0 saturated heterocycles. The second-order valence-electron chi connectivity index (χ2n) is 3.64. The van der Waals surface area contributed by atoms with Crippen LogP contribution in [0.4, 0.5) is 0 Å². The van der Waals surface area contributed by atoms with Crippen LogP contribution in [0.15, 0.2) is 12.7 Å². The molecule has 1 aliphatic carbocycles. The molecule has 0 aromatic heterocycles. The van der Waals surface area contributed by atoms with Crippen molar-refractivity contribution < 1.29 is 9.90 Å². The summed E-state index contributed by atoms with van der Waals surface area (Å²) in [6.45, 7) is 4.35. The molecular weight excluding hydrogens is 166 g/mol. The van der Waals surface area contributed by atoms with Gasteiger partial charge in [-0.1, -0.05) is 18.9 Å². The highest BCUT2D eigenvalue weighted by Gasteiger charge is 2.29. The van der Waals surface area contributed by atoms with Crippen molar-refractivity contribution >= 4 is 5.97 Å². The van der Waals surface area contributed by atoms with E-state index in [1.54, 1.807) is 0 Å². The molecule has 0 radical (unpaired) electrons. The maximum Gasteiger partial charge on any atom is 0.304 e. The third-order valence-corrected chi connectivity index (χ3v) is 2.70. The van der Waals surface area contributed by atoms with Crippen LogP contribution < -0.4 is 5.32 Å². The topological polar surface area (TPSA) is 49.3 Å². The first-order valence-corrected chi connectivity index (χ1v) is 4.79. The Hall–Kier alpha value is -0.830. The van der Waals surface area contributed by atoms with E-state index in [0.29, 0.717) is 6.54 Å². The maximum absolute atomic E-state index is 10.3. The number of rotatable bonds is 5. The molecule has 0 atom stereocenters. The fraction of sp³-hybridized carbons (Fsp3) is 0.700. The van der Waals surface area contributed by atoms with Gasteiger partial charge in [0, 0.05) is 12.1 Å². The van der Waals surface area contributed by atoms with Crippen LogP contribution >= 0.6 is 0 Å². The highest BCUT2D eigenvalue weighted by atomic mass is 16.4. The van der Waals surface area contributed by atoms with Crippen LogP contribution in [0, 0.1) is 0 Å². The molecule has 13 heavy (non-hydrogen) atoms. The molecule has 1 aliphatic rings. The fourth-order valence-corrected chi connectivity index (χ4v) is 1.88. The summed E-state index contributed by atoms with van der Waals surface area (Å²) in [5, 5.41) is 11.8. The van der Waals surface area contributed by atoms with Crippen molar-refractivity contribution in [2.24, 2.45) is 0 Å². The van der Waals surface area contributed by atoms with Crippen molar-refractivity contribution in [3.63, 3.8) is 0 Å². The lowest BCUT2D eigenvalue weighted by Crippen LogP contribution is -2.41. The van der Waals surface area contributed by atoms with Crippen LogP contribution in [0.5, 0.6) is 0 Å². The van der Waals surface area contributed by atoms with Gasteiger partial charge in [-0.25, -0.2) is 0 Å². The van der Waals surface area contributed by atoms with E-state index >= 15 is 0 Å². The number of hydrogen-bond acceptors (Lipinski definition) is 2. The Bertz CT molecular complexity index is 195. The predicted molar refractivity (Wildman–Crippen MR) is 51.7 cm³/mol. The summed E-state index contributed by atoms with van der Waals surface area (Å²) < 4.78 is 0. The first-order chi connectivity index (χ1) is 6.18. The van der Waals surface area contributed by atoms with Gasteiger partial charge >= 0.3 is 5.97 Å². The summed E-state index contributed by atoms with van der Waals surface area (Å²) in [5.74, 6) is -0.746. The molecule has 0 aromatic carbocycles. The monoisotopic (exact) mass is 183 g/mol. The standard InChI is InChI=1S/C10H17NO2/c1-2-10(6-3-4-7-10)11-8-5-9(12)13/h2,11H,1,3-8H2,(H,12,13). The van der Waals surface area contributed by atoms with E-state index in [1.807, 2.05) is 6.08 Å². The third-order valence-electron chi connectivity index (χ3n) is 2.70. The minimum atomic E-state index is -0.746. The van der Waals surface area contributed by atoms with Gasteiger partial charge in [0.2, 0.25) is 0 Å². The van der Waals surface area contributed by atoms with Gasteiger partial charge in [0.25, 0.3) is 0 Å². The molecule has 0 amide bonds. The number of aliphatic carboxylic acids is 1. The molecular formula is C10H17NO2. The van der Waals surface area contributed by atoms with Gasteiger partial charge in [0.15, 0.2) is 0 Å². The van der Waals surface area contributed by atoms with Gasteiger partial charge in [-0.05, 0) is 12.8 Å². The van der Waals surface area contributed by atoms with E-state index < -0.39 is 5.97 Å². The highest BCUT2D eigenvalue weighted by molar-refractivity contribution is 5.66. The van der Waals surface area contributed by atoms with Crippen molar-refractivity contribution in [3.8, 4) is 0 Å². The Labute approximate surface area is 78.8 Å². The molecule has 1 saturated carbocycles. The van der Waals surface area contributed by atoms with Gasteiger partial charge in [-0.15, -0.1) is 6.58 Å². The predicted octanol–water partition coefficient (Wildman–Crippen LogP) is 1.55. The summed E-state index contributed by atoms with van der Waals surface area (Å²) in [5.41, 5.74) is 0.0233. The molecule has 2 N–H and O–H groups in total. The molecule has 1 rings (SSSR count). The molecule has 0 aromatic rings. The Morgan fingerprint density at radius 1 is 1.54 bits per heavy atom. The van der Waals surface area contributed by atoms with Gasteiger partial charge in [-0.3, -0.25) is 4.79 Å². The van der Waals surface area contributed by atoms with Crippen LogP contribution in [0.25, 0.3) is 0 Å². The van der Waals surface area contributed by atoms with Gasteiger partial charge in [0.05, 0.1) is 6.42 Å². The largest absolute Gasteiger partial charge is 0.481 e. The molecule has 0 aliphatic heterocycles. The van der Waals surface area contributed by atoms with Crippen LogP contribution in [0.3, 0.4) is 0 Å². The molecule has 3 nitrogen and oxygen atoms in total. The third kappa shape index (κ3) is 2.84. The Morgan fingerprint density at radius 3 is 2.62 bits per heavy atom. The van der Waals surface area contributed by atoms with Crippen LogP contribution in [-0.2, 0) is 4.79 Å². The van der Waals surface area contributed by atoms with E-state index in [0.717, 1.165) is 12.8 Å². The fourth-order valence-electron chi connectivity index (χ4n) is 1.88. The molecule has 0 bridgehead atoms. The summed E-state index contributed by atoms with van der Waals surface area (Å²) in [6, 6.07) is 0. The zero-order valence-electron chi connectivity index (χ0n) is 7.88. The van der Waals surface area contributed by atoms with Crippen molar-refractivity contribution in [1.29, 1.82) is 0 Å². The van der Waals surface area contributed by atoms with Crippen LogP contribution in [0.2, 0.25) is 0 Å². The summed E-state index contributed by atoms with van der Waals surface area (Å²) in [4.78, 5) is 10.3. The van der Waals surface area contributed by atoms with E-state index in [9.17, 15) is 4.79 Å². The number of carbonyl (C=O) groups is 1. The summed E-state index contributed by atoms with van der Waals surface area (Å²) >= 11 is 0. The Morgan fingerprint density at radius 2 is 2.15 bits per heavy atom. The van der Waals surface area contributed by atoms with Gasteiger partial charge in [0.1, 0.15) is 0 Å². The minimum Gasteiger partial charge on any atom is -0.481 e. The van der Waals surface area contributed by atoms with Gasteiger partial charge in [-0.2, -0.15) is 0 Å². The number of hydrogen-bond donors (Lipinski definition) is 2. The molecule has 1 fully saturated rings. The first-order valence-electron chi connectivity index (χ1n) is 4.79. The Kier molecular flexibility index (Phi) is 3.48. The summed E-state index contributed by atoms with van der Waals surface area (Å²) in [7, 11) is 0. The SMILES string of the molecule is C=CC1(NCCC(=O)O)CCCC1. The molecule has 3 heteroatoms. The van der Waals surface area contributed by atoms with E-state index in [1.165, 1.54) is 12.8 Å². The second kappa shape index (κ2) is 4.42. The van der Waals surface area contributed by atoms with Crippen LogP contribution in [0.1, 0.15) is 32.1 Å². The van der Waals surface area contributed by atoms with Crippen molar-refractivity contribution in [2.45, 2.75) is 37.6 Å². The van der Waals surface area contributed by atoms with Crippen LogP contribution in [-0.4, -0.2) is 23.2 Å². The average Bonchev–Trinajstić information content (AvgIpc) is 2.53. The number of nitrogens with one attached hydrogen (secondary N) is 1. The van der Waals surface area contributed by atoms with E-state index in [4.69, 9.17) is 5.11 Å².